The predicted molar refractivity (Wildman–Crippen MR) is 86.0 cm³/mol. The molecule has 1 saturated heterocycles. The molecule has 0 amide bonds. The molecule has 0 spiro atoms. The maximum absolute atomic E-state index is 6.00. The van der Waals surface area contributed by atoms with Gasteiger partial charge in [-0.1, -0.05) is 19.4 Å². The highest BCUT2D eigenvalue weighted by Gasteiger charge is 2.23. The molecule has 1 aliphatic heterocycles. The summed E-state index contributed by atoms with van der Waals surface area (Å²) < 4.78 is 11.3. The van der Waals surface area contributed by atoms with E-state index >= 15 is 0 Å². The third-order valence-electron chi connectivity index (χ3n) is 4.13. The van der Waals surface area contributed by atoms with Crippen LogP contribution in [0.25, 0.3) is 0 Å². The average molecular weight is 292 g/mol. The van der Waals surface area contributed by atoms with E-state index < -0.39 is 0 Å². The van der Waals surface area contributed by atoms with Gasteiger partial charge in [0, 0.05) is 12.6 Å². The Bertz CT molecular complexity index is 431. The number of methoxy groups -OCH3 is 1. The van der Waals surface area contributed by atoms with E-state index in [0.29, 0.717) is 6.54 Å². The highest BCUT2D eigenvalue weighted by molar-refractivity contribution is 5.44. The van der Waals surface area contributed by atoms with Gasteiger partial charge in [-0.15, -0.1) is 0 Å². The highest BCUT2D eigenvalue weighted by atomic mass is 16.5. The van der Waals surface area contributed by atoms with Crippen LogP contribution in [-0.4, -0.2) is 38.3 Å². The largest absolute Gasteiger partial charge is 0.493 e. The molecule has 1 unspecified atom stereocenters. The number of nitrogens with two attached hydrogens (primary N) is 1. The number of benzene rings is 1. The number of hydrogen-bond acceptors (Lipinski definition) is 4. The second-order valence-corrected chi connectivity index (χ2v) is 5.61. The number of hydrogen-bond donors (Lipinski definition) is 1. The lowest BCUT2D eigenvalue weighted by Crippen LogP contribution is -2.31. The van der Waals surface area contributed by atoms with E-state index in [2.05, 4.69) is 24.0 Å². The zero-order valence-corrected chi connectivity index (χ0v) is 13.3. The summed E-state index contributed by atoms with van der Waals surface area (Å²) in [4.78, 5) is 2.46. The Hall–Kier alpha value is -1.26. The van der Waals surface area contributed by atoms with Gasteiger partial charge in [-0.3, -0.25) is 4.90 Å². The molecule has 2 N–H and O–H groups in total. The van der Waals surface area contributed by atoms with Crippen LogP contribution in [0.1, 0.15) is 44.2 Å². The topological polar surface area (TPSA) is 47.7 Å². The third-order valence-corrected chi connectivity index (χ3v) is 4.13. The molecule has 4 heteroatoms. The van der Waals surface area contributed by atoms with Crippen molar-refractivity contribution in [2.24, 2.45) is 5.73 Å². The first-order valence-corrected chi connectivity index (χ1v) is 8.05. The number of unbranched alkanes of at least 4 members (excludes halogenated alkanes) is 1. The van der Waals surface area contributed by atoms with Gasteiger partial charge < -0.3 is 15.2 Å². The second kappa shape index (κ2) is 8.25. The van der Waals surface area contributed by atoms with E-state index in [4.69, 9.17) is 15.2 Å². The fourth-order valence-corrected chi connectivity index (χ4v) is 2.89. The van der Waals surface area contributed by atoms with Crippen molar-refractivity contribution in [3.63, 3.8) is 0 Å². The van der Waals surface area contributed by atoms with Crippen LogP contribution in [-0.2, 0) is 0 Å². The van der Waals surface area contributed by atoms with Crippen LogP contribution < -0.4 is 15.2 Å². The Morgan fingerprint density at radius 1 is 1.24 bits per heavy atom. The summed E-state index contributed by atoms with van der Waals surface area (Å²) >= 11 is 0. The van der Waals surface area contributed by atoms with Crippen molar-refractivity contribution in [2.45, 2.75) is 38.6 Å². The lowest BCUT2D eigenvalue weighted by atomic mass is 10.0. The Kier molecular flexibility index (Phi) is 6.33. The first-order valence-electron chi connectivity index (χ1n) is 8.05. The van der Waals surface area contributed by atoms with E-state index in [-0.39, 0.29) is 6.04 Å². The summed E-state index contributed by atoms with van der Waals surface area (Å²) in [7, 11) is 1.69. The van der Waals surface area contributed by atoms with Crippen LogP contribution in [0.3, 0.4) is 0 Å². The molecule has 0 saturated carbocycles. The van der Waals surface area contributed by atoms with Crippen molar-refractivity contribution in [1.82, 2.24) is 4.90 Å². The molecule has 1 fully saturated rings. The van der Waals surface area contributed by atoms with Gasteiger partial charge in [0.05, 0.1) is 13.7 Å². The zero-order chi connectivity index (χ0) is 15.1. The van der Waals surface area contributed by atoms with Gasteiger partial charge in [-0.05, 0) is 50.0 Å². The monoisotopic (exact) mass is 292 g/mol. The van der Waals surface area contributed by atoms with Crippen molar-refractivity contribution in [1.29, 1.82) is 0 Å². The normalized spacial score (nSPS) is 16.9. The predicted octanol–water partition coefficient (Wildman–Crippen LogP) is 2.97. The van der Waals surface area contributed by atoms with Crippen LogP contribution in [0, 0.1) is 0 Å². The van der Waals surface area contributed by atoms with Crippen LogP contribution in [0.4, 0.5) is 0 Å². The summed E-state index contributed by atoms with van der Waals surface area (Å²) in [5.74, 6) is 1.63. The Morgan fingerprint density at radius 3 is 2.62 bits per heavy atom. The highest BCUT2D eigenvalue weighted by Crippen LogP contribution is 2.33. The summed E-state index contributed by atoms with van der Waals surface area (Å²) in [5, 5.41) is 0. The number of ether oxygens (including phenoxy) is 2. The van der Waals surface area contributed by atoms with Crippen molar-refractivity contribution in [3.8, 4) is 11.5 Å². The fraction of sp³-hybridized carbons (Fsp3) is 0.647. The van der Waals surface area contributed by atoms with E-state index in [1.807, 2.05) is 6.07 Å². The van der Waals surface area contributed by atoms with Crippen molar-refractivity contribution in [2.75, 3.05) is 33.4 Å². The third kappa shape index (κ3) is 4.11. The van der Waals surface area contributed by atoms with E-state index in [9.17, 15) is 0 Å². The lowest BCUT2D eigenvalue weighted by Gasteiger charge is -2.27. The minimum atomic E-state index is 0.283. The molecule has 4 nitrogen and oxygen atoms in total. The van der Waals surface area contributed by atoms with E-state index in [0.717, 1.165) is 44.0 Å². The SMILES string of the molecule is CCCCOc1ccc(C(CN)N2CCCC2)cc1OC. The number of likely N-dealkylation sites (tertiary alicyclic amines) is 1. The number of rotatable bonds is 8. The first kappa shape index (κ1) is 16.1. The molecule has 1 atom stereocenters. The standard InChI is InChI=1S/C17H28N2O2/c1-3-4-11-21-16-8-7-14(12-17(16)20-2)15(13-18)19-9-5-6-10-19/h7-8,12,15H,3-6,9-11,13,18H2,1-2H3. The summed E-state index contributed by atoms with van der Waals surface area (Å²) in [5.41, 5.74) is 7.22. The molecule has 1 aromatic carbocycles. The average Bonchev–Trinajstić information content (AvgIpc) is 3.03. The van der Waals surface area contributed by atoms with Gasteiger partial charge in [0.15, 0.2) is 11.5 Å². The van der Waals surface area contributed by atoms with Crippen LogP contribution >= 0.6 is 0 Å². The van der Waals surface area contributed by atoms with Crippen molar-refractivity contribution in [3.05, 3.63) is 23.8 Å². The molecule has 2 rings (SSSR count). The van der Waals surface area contributed by atoms with Crippen LogP contribution in [0.2, 0.25) is 0 Å². The van der Waals surface area contributed by atoms with Crippen molar-refractivity contribution >= 4 is 0 Å². The molecule has 1 aromatic rings. The molecule has 118 valence electrons. The minimum absolute atomic E-state index is 0.283. The molecule has 1 heterocycles. The van der Waals surface area contributed by atoms with Crippen LogP contribution in [0.15, 0.2) is 18.2 Å². The molecule has 0 aromatic heterocycles. The van der Waals surface area contributed by atoms with E-state index in [1.165, 1.54) is 18.4 Å². The molecule has 21 heavy (non-hydrogen) atoms. The molecule has 0 radical (unpaired) electrons. The van der Waals surface area contributed by atoms with Gasteiger partial charge in [-0.25, -0.2) is 0 Å². The Balaban J connectivity index is 2.12. The quantitative estimate of drug-likeness (QED) is 0.748. The fourth-order valence-electron chi connectivity index (χ4n) is 2.89. The van der Waals surface area contributed by atoms with E-state index in [1.54, 1.807) is 7.11 Å². The Morgan fingerprint density at radius 2 is 2.00 bits per heavy atom. The van der Waals surface area contributed by atoms with Gasteiger partial charge in [0.1, 0.15) is 0 Å². The van der Waals surface area contributed by atoms with Gasteiger partial charge >= 0.3 is 0 Å². The summed E-state index contributed by atoms with van der Waals surface area (Å²) in [6.07, 6.45) is 4.73. The molecule has 0 aliphatic carbocycles. The Labute approximate surface area is 128 Å². The smallest absolute Gasteiger partial charge is 0.161 e. The van der Waals surface area contributed by atoms with Gasteiger partial charge in [-0.2, -0.15) is 0 Å². The molecule has 0 bridgehead atoms. The van der Waals surface area contributed by atoms with Crippen LogP contribution in [0.5, 0.6) is 11.5 Å². The zero-order valence-electron chi connectivity index (χ0n) is 13.3. The maximum Gasteiger partial charge on any atom is 0.161 e. The van der Waals surface area contributed by atoms with Gasteiger partial charge in [0.2, 0.25) is 0 Å². The first-order chi connectivity index (χ1) is 10.3. The molecule has 1 aliphatic rings. The number of nitrogens with zero attached hydrogens (tertiary/aromatic N) is 1. The van der Waals surface area contributed by atoms with Crippen molar-refractivity contribution < 1.29 is 9.47 Å². The lowest BCUT2D eigenvalue weighted by molar-refractivity contribution is 0.249. The van der Waals surface area contributed by atoms with Gasteiger partial charge in [0.25, 0.3) is 0 Å². The second-order valence-electron chi connectivity index (χ2n) is 5.61. The maximum atomic E-state index is 6.00. The molecular weight excluding hydrogens is 264 g/mol. The molecular formula is C17H28N2O2. The summed E-state index contributed by atoms with van der Waals surface area (Å²) in [6, 6.07) is 6.50. The minimum Gasteiger partial charge on any atom is -0.493 e. The summed E-state index contributed by atoms with van der Waals surface area (Å²) in [6.45, 7) is 5.81.